The molecular weight excluding hydrogens is 348 g/mol. The van der Waals surface area contributed by atoms with Gasteiger partial charge in [0.05, 0.1) is 4.90 Å². The largest absolute Gasteiger partial charge is 0.353 e. The molecule has 0 aliphatic rings. The third-order valence-electron chi connectivity index (χ3n) is 2.88. The molecule has 0 radical (unpaired) electrons. The van der Waals surface area contributed by atoms with Gasteiger partial charge in [-0.05, 0) is 18.2 Å². The number of nitrogens with one attached hydrogen (secondary N) is 3. The van der Waals surface area contributed by atoms with Gasteiger partial charge in [0.15, 0.2) is 0 Å². The molecule has 0 fully saturated rings. The molecule has 1 aromatic heterocycles. The molecule has 0 saturated carbocycles. The first-order valence-electron chi connectivity index (χ1n) is 7.41. The number of benzene rings is 1. The molecule has 2 rings (SSSR count). The first-order valence-corrected chi connectivity index (χ1v) is 8.85. The minimum absolute atomic E-state index is 0.182. The van der Waals surface area contributed by atoms with Gasteiger partial charge in [-0.2, -0.15) is 23.4 Å². The number of aromatic nitrogens is 3. The summed E-state index contributed by atoms with van der Waals surface area (Å²) in [6.07, 6.45) is 0. The molecule has 0 unspecified atom stereocenters. The fourth-order valence-corrected chi connectivity index (χ4v) is 2.35. The minimum Gasteiger partial charge on any atom is -0.353 e. The van der Waals surface area contributed by atoms with E-state index in [2.05, 4.69) is 30.9 Å². The first-order chi connectivity index (χ1) is 11.9. The summed E-state index contributed by atoms with van der Waals surface area (Å²) < 4.78 is 31.6. The van der Waals surface area contributed by atoms with E-state index in [0.717, 1.165) is 0 Å². The van der Waals surface area contributed by atoms with Crippen LogP contribution in [0.15, 0.2) is 29.2 Å². The normalized spacial score (nSPS) is 11.2. The topological polar surface area (TPSA) is 181 Å². The first kappa shape index (κ1) is 18.8. The van der Waals surface area contributed by atoms with Crippen molar-refractivity contribution in [1.82, 2.24) is 15.0 Å². The van der Waals surface area contributed by atoms with Crippen molar-refractivity contribution in [3.05, 3.63) is 24.3 Å². The average Bonchev–Trinajstić information content (AvgIpc) is 2.57. The third kappa shape index (κ3) is 5.79. The lowest BCUT2D eigenvalue weighted by Crippen LogP contribution is -2.18. The van der Waals surface area contributed by atoms with Gasteiger partial charge in [0.1, 0.15) is 0 Å². The Hall–Kier alpha value is -2.54. The molecule has 0 saturated heterocycles. The molecule has 12 heteroatoms. The highest BCUT2D eigenvalue weighted by molar-refractivity contribution is 7.85. The van der Waals surface area contributed by atoms with E-state index in [1.165, 1.54) is 18.2 Å². The highest BCUT2D eigenvalue weighted by atomic mass is 32.2. The summed E-state index contributed by atoms with van der Waals surface area (Å²) in [6.45, 7) is 1.74. The molecule has 0 aliphatic carbocycles. The number of nitrogens with two attached hydrogens (primary N) is 2. The Bertz CT molecular complexity index is 788. The van der Waals surface area contributed by atoms with E-state index in [9.17, 15) is 8.42 Å². The van der Waals surface area contributed by atoms with Crippen LogP contribution >= 0.6 is 0 Å². The lowest BCUT2D eigenvalue weighted by Gasteiger charge is -2.11. The number of rotatable bonds is 9. The van der Waals surface area contributed by atoms with Crippen LogP contribution in [0.1, 0.15) is 0 Å². The van der Waals surface area contributed by atoms with Crippen molar-refractivity contribution in [3.8, 4) is 0 Å². The van der Waals surface area contributed by atoms with Crippen molar-refractivity contribution >= 4 is 33.7 Å². The maximum atomic E-state index is 11.2. The maximum absolute atomic E-state index is 11.2. The van der Waals surface area contributed by atoms with Crippen LogP contribution in [0.2, 0.25) is 0 Å². The fraction of sp³-hybridized carbons (Fsp3) is 0.308. The molecule has 0 aliphatic heterocycles. The van der Waals surface area contributed by atoms with Gasteiger partial charge in [-0.3, -0.25) is 4.55 Å². The van der Waals surface area contributed by atoms with Crippen molar-refractivity contribution in [3.63, 3.8) is 0 Å². The van der Waals surface area contributed by atoms with E-state index in [1.54, 1.807) is 6.07 Å². The Morgan fingerprint density at radius 3 is 2.04 bits per heavy atom. The van der Waals surface area contributed by atoms with Gasteiger partial charge in [-0.1, -0.05) is 6.07 Å². The Balaban J connectivity index is 2.27. The van der Waals surface area contributed by atoms with Gasteiger partial charge in [0.25, 0.3) is 10.1 Å². The molecule has 0 bridgehead atoms. The summed E-state index contributed by atoms with van der Waals surface area (Å²) in [7, 11) is -4.30. The van der Waals surface area contributed by atoms with Gasteiger partial charge in [0.2, 0.25) is 17.8 Å². The standard InChI is InChI=1S/C13H20N8O3S/c14-4-6-16-11-19-12(17-7-5-15)21-13(20-11)18-9-2-1-3-10(8-9)25(22,23)24/h1-3,8H,4-7,14-15H2,(H,22,23,24)(H3,16,17,18,19,20,21). The summed E-state index contributed by atoms with van der Waals surface area (Å²) in [5, 5.41) is 8.75. The Kier molecular flexibility index (Phi) is 6.41. The van der Waals surface area contributed by atoms with Crippen molar-refractivity contribution in [2.24, 2.45) is 11.5 Å². The van der Waals surface area contributed by atoms with E-state index in [1.807, 2.05) is 0 Å². The maximum Gasteiger partial charge on any atom is 0.294 e. The molecule has 0 atom stereocenters. The quantitative estimate of drug-likeness (QED) is 0.317. The second kappa shape index (κ2) is 8.53. The Morgan fingerprint density at radius 1 is 0.960 bits per heavy atom. The van der Waals surface area contributed by atoms with Crippen molar-refractivity contribution in [1.29, 1.82) is 0 Å². The van der Waals surface area contributed by atoms with Crippen LogP contribution in [-0.4, -0.2) is 54.1 Å². The summed E-state index contributed by atoms with van der Waals surface area (Å²) in [5.41, 5.74) is 11.3. The summed E-state index contributed by atoms with van der Waals surface area (Å²) in [5.74, 6) is 0.781. The zero-order valence-electron chi connectivity index (χ0n) is 13.3. The Labute approximate surface area is 145 Å². The molecule has 0 amide bonds. The van der Waals surface area contributed by atoms with Gasteiger partial charge in [0, 0.05) is 31.9 Å². The van der Waals surface area contributed by atoms with Gasteiger partial charge < -0.3 is 27.4 Å². The fourth-order valence-electron chi connectivity index (χ4n) is 1.82. The van der Waals surface area contributed by atoms with Crippen molar-refractivity contribution in [2.75, 3.05) is 42.1 Å². The molecule has 2 aromatic rings. The van der Waals surface area contributed by atoms with Crippen LogP contribution in [0.4, 0.5) is 23.5 Å². The molecule has 1 heterocycles. The third-order valence-corrected chi connectivity index (χ3v) is 3.73. The van der Waals surface area contributed by atoms with Gasteiger partial charge >= 0.3 is 0 Å². The molecule has 0 spiro atoms. The second-order valence-corrected chi connectivity index (χ2v) is 6.29. The van der Waals surface area contributed by atoms with E-state index in [4.69, 9.17) is 16.0 Å². The summed E-state index contributed by atoms with van der Waals surface area (Å²) in [6, 6.07) is 5.63. The SMILES string of the molecule is NCCNc1nc(NCCN)nc(Nc2cccc(S(=O)(=O)O)c2)n1. The molecule has 8 N–H and O–H groups in total. The lowest BCUT2D eigenvalue weighted by molar-refractivity contribution is 0.483. The van der Waals surface area contributed by atoms with Gasteiger partial charge in [-0.15, -0.1) is 0 Å². The van der Waals surface area contributed by atoms with E-state index in [-0.39, 0.29) is 10.8 Å². The highest BCUT2D eigenvalue weighted by Gasteiger charge is 2.11. The predicted octanol–water partition coefficient (Wildman–Crippen LogP) is -0.397. The Morgan fingerprint density at radius 2 is 1.52 bits per heavy atom. The zero-order valence-corrected chi connectivity index (χ0v) is 14.1. The number of anilines is 4. The van der Waals surface area contributed by atoms with E-state index >= 15 is 0 Å². The molecule has 136 valence electrons. The number of nitrogens with zero attached hydrogens (tertiary/aromatic N) is 3. The summed E-state index contributed by atoms with van der Waals surface area (Å²) >= 11 is 0. The summed E-state index contributed by atoms with van der Waals surface area (Å²) in [4.78, 5) is 12.3. The smallest absolute Gasteiger partial charge is 0.294 e. The van der Waals surface area contributed by atoms with Crippen LogP contribution < -0.4 is 27.4 Å². The minimum atomic E-state index is -4.30. The number of hydrogen-bond acceptors (Lipinski definition) is 10. The second-order valence-electron chi connectivity index (χ2n) is 4.87. The zero-order chi connectivity index (χ0) is 18.3. The monoisotopic (exact) mass is 368 g/mol. The lowest BCUT2D eigenvalue weighted by atomic mass is 10.3. The van der Waals surface area contributed by atoms with Gasteiger partial charge in [-0.25, -0.2) is 0 Å². The van der Waals surface area contributed by atoms with Crippen LogP contribution in [0.5, 0.6) is 0 Å². The van der Waals surface area contributed by atoms with Crippen LogP contribution in [-0.2, 0) is 10.1 Å². The van der Waals surface area contributed by atoms with Crippen molar-refractivity contribution in [2.45, 2.75) is 4.90 Å². The molecule has 1 aromatic carbocycles. The van der Waals surface area contributed by atoms with Crippen LogP contribution in [0, 0.1) is 0 Å². The predicted molar refractivity (Wildman–Crippen MR) is 94.5 cm³/mol. The van der Waals surface area contributed by atoms with Crippen LogP contribution in [0.3, 0.4) is 0 Å². The van der Waals surface area contributed by atoms with E-state index in [0.29, 0.717) is 43.8 Å². The molecule has 25 heavy (non-hydrogen) atoms. The molecule has 11 nitrogen and oxygen atoms in total. The van der Waals surface area contributed by atoms with Crippen LogP contribution in [0.25, 0.3) is 0 Å². The number of hydrogen-bond donors (Lipinski definition) is 6. The average molecular weight is 368 g/mol. The molecular formula is C13H20N8O3S. The highest BCUT2D eigenvalue weighted by Crippen LogP contribution is 2.19. The van der Waals surface area contributed by atoms with E-state index < -0.39 is 10.1 Å². The van der Waals surface area contributed by atoms with Crippen molar-refractivity contribution < 1.29 is 13.0 Å².